The van der Waals surface area contributed by atoms with Crippen LogP contribution >= 0.6 is 11.8 Å². The maximum absolute atomic E-state index is 12.9. The molecule has 154 valence electrons. The van der Waals surface area contributed by atoms with Gasteiger partial charge in [-0.15, -0.1) is 0 Å². The van der Waals surface area contributed by atoms with E-state index in [0.717, 1.165) is 40.9 Å². The Balaban J connectivity index is 1.44. The Morgan fingerprint density at radius 2 is 1.67 bits per heavy atom. The van der Waals surface area contributed by atoms with E-state index in [1.54, 1.807) is 11.8 Å². The fraction of sp³-hybridized carbons (Fsp3) is 0.292. The molecule has 4 rings (SSSR count). The molecule has 1 aliphatic heterocycles. The largest absolute Gasteiger partial charge is 0.372 e. The maximum atomic E-state index is 12.9. The van der Waals surface area contributed by atoms with Crippen molar-refractivity contribution in [2.24, 2.45) is 0 Å². The minimum Gasteiger partial charge on any atom is -0.372 e. The highest BCUT2D eigenvalue weighted by Gasteiger charge is 2.14. The first-order valence-electron chi connectivity index (χ1n) is 10.3. The first kappa shape index (κ1) is 20.4. The Bertz CT molecular complexity index is 1010. The standard InChI is InChI=1S/C24H26N4OS/c1-17-15-18(2)26-24(25-17)30-16-19-7-3-4-8-22(19)23(29)27-20-9-11-21(12-10-20)28-13-5-6-14-28/h3-4,7-12,15H,5-6,13-14,16H2,1-2H3,(H,27,29). The summed E-state index contributed by atoms with van der Waals surface area (Å²) in [5.41, 5.74) is 5.58. The number of amides is 1. The molecule has 0 atom stereocenters. The summed E-state index contributed by atoms with van der Waals surface area (Å²) >= 11 is 1.55. The Kier molecular flexibility index (Phi) is 6.33. The number of rotatable bonds is 6. The zero-order chi connectivity index (χ0) is 20.9. The van der Waals surface area contributed by atoms with Crippen LogP contribution in [-0.2, 0) is 5.75 Å². The number of aromatic nitrogens is 2. The molecule has 5 nitrogen and oxygen atoms in total. The lowest BCUT2D eigenvalue weighted by molar-refractivity contribution is 0.102. The molecule has 1 saturated heterocycles. The van der Waals surface area contributed by atoms with Crippen LogP contribution in [0.15, 0.2) is 59.8 Å². The van der Waals surface area contributed by atoms with Gasteiger partial charge in [-0.25, -0.2) is 9.97 Å². The second kappa shape index (κ2) is 9.30. The number of benzene rings is 2. The van der Waals surface area contributed by atoms with Gasteiger partial charge in [0.15, 0.2) is 5.16 Å². The van der Waals surface area contributed by atoms with Crippen LogP contribution in [-0.4, -0.2) is 29.0 Å². The van der Waals surface area contributed by atoms with Crippen molar-refractivity contribution in [3.8, 4) is 0 Å². The van der Waals surface area contributed by atoms with Crippen LogP contribution in [0.3, 0.4) is 0 Å². The van der Waals surface area contributed by atoms with Crippen LogP contribution in [0.1, 0.15) is 40.2 Å². The van der Waals surface area contributed by atoms with Gasteiger partial charge in [0.05, 0.1) is 0 Å². The average molecular weight is 419 g/mol. The number of thioether (sulfide) groups is 1. The molecule has 1 amide bonds. The van der Waals surface area contributed by atoms with E-state index < -0.39 is 0 Å². The van der Waals surface area contributed by atoms with E-state index in [1.165, 1.54) is 18.5 Å². The van der Waals surface area contributed by atoms with E-state index >= 15 is 0 Å². The van der Waals surface area contributed by atoms with E-state index in [2.05, 4.69) is 32.3 Å². The quantitative estimate of drug-likeness (QED) is 0.438. The molecule has 1 N–H and O–H groups in total. The van der Waals surface area contributed by atoms with Gasteiger partial charge in [-0.3, -0.25) is 4.79 Å². The van der Waals surface area contributed by atoms with Crippen molar-refractivity contribution in [2.45, 2.75) is 37.6 Å². The summed E-state index contributed by atoms with van der Waals surface area (Å²) in [6, 6.07) is 17.8. The summed E-state index contributed by atoms with van der Waals surface area (Å²) in [5.74, 6) is 0.543. The Hall–Kier alpha value is -2.86. The lowest BCUT2D eigenvalue weighted by Crippen LogP contribution is -2.17. The van der Waals surface area contributed by atoms with Crippen LogP contribution in [0.5, 0.6) is 0 Å². The van der Waals surface area contributed by atoms with Crippen LogP contribution in [0.2, 0.25) is 0 Å². The number of aryl methyl sites for hydroxylation is 2. The lowest BCUT2D eigenvalue weighted by atomic mass is 10.1. The topological polar surface area (TPSA) is 58.1 Å². The Labute approximate surface area is 181 Å². The van der Waals surface area contributed by atoms with Gasteiger partial charge in [0, 0.05) is 47.2 Å². The van der Waals surface area contributed by atoms with Crippen LogP contribution in [0.25, 0.3) is 0 Å². The zero-order valence-electron chi connectivity index (χ0n) is 17.4. The van der Waals surface area contributed by atoms with Crippen LogP contribution in [0.4, 0.5) is 11.4 Å². The number of nitrogens with zero attached hydrogens (tertiary/aromatic N) is 3. The molecule has 0 aliphatic carbocycles. The molecule has 0 radical (unpaired) electrons. The predicted molar refractivity (Wildman–Crippen MR) is 123 cm³/mol. The third kappa shape index (κ3) is 5.00. The molecule has 0 spiro atoms. The molecule has 2 heterocycles. The lowest BCUT2D eigenvalue weighted by Gasteiger charge is -2.18. The molecular weight excluding hydrogens is 392 g/mol. The summed E-state index contributed by atoms with van der Waals surface area (Å²) < 4.78 is 0. The SMILES string of the molecule is Cc1cc(C)nc(SCc2ccccc2C(=O)Nc2ccc(N3CCCC3)cc2)n1. The van der Waals surface area contributed by atoms with E-state index in [4.69, 9.17) is 0 Å². The van der Waals surface area contributed by atoms with Crippen molar-refractivity contribution in [1.82, 2.24) is 9.97 Å². The number of anilines is 2. The van der Waals surface area contributed by atoms with Crippen molar-refractivity contribution >= 4 is 29.0 Å². The molecule has 0 bridgehead atoms. The van der Waals surface area contributed by atoms with Gasteiger partial charge in [-0.05, 0) is 68.7 Å². The van der Waals surface area contributed by atoms with Gasteiger partial charge in [0.25, 0.3) is 5.91 Å². The predicted octanol–water partition coefficient (Wildman–Crippen LogP) is 5.24. The smallest absolute Gasteiger partial charge is 0.255 e. The summed E-state index contributed by atoms with van der Waals surface area (Å²) in [5, 5.41) is 3.77. The minimum absolute atomic E-state index is 0.0959. The summed E-state index contributed by atoms with van der Waals surface area (Å²) in [4.78, 5) is 24.3. The van der Waals surface area contributed by atoms with Gasteiger partial charge >= 0.3 is 0 Å². The van der Waals surface area contributed by atoms with Crippen LogP contribution < -0.4 is 10.2 Å². The highest BCUT2D eigenvalue weighted by atomic mass is 32.2. The monoisotopic (exact) mass is 418 g/mol. The number of hydrogen-bond acceptors (Lipinski definition) is 5. The van der Waals surface area contributed by atoms with Gasteiger partial charge in [0.1, 0.15) is 0 Å². The molecule has 0 unspecified atom stereocenters. The highest BCUT2D eigenvalue weighted by Crippen LogP contribution is 2.25. The summed E-state index contributed by atoms with van der Waals surface area (Å²) in [6.45, 7) is 6.16. The second-order valence-electron chi connectivity index (χ2n) is 7.57. The molecule has 2 aromatic carbocycles. The van der Waals surface area contributed by atoms with E-state index in [0.29, 0.717) is 11.3 Å². The minimum atomic E-state index is -0.0959. The van der Waals surface area contributed by atoms with Crippen molar-refractivity contribution in [3.05, 3.63) is 77.1 Å². The van der Waals surface area contributed by atoms with E-state index in [9.17, 15) is 4.79 Å². The normalized spacial score (nSPS) is 13.5. The fourth-order valence-electron chi connectivity index (χ4n) is 3.70. The third-order valence-corrected chi connectivity index (χ3v) is 6.07. The molecule has 30 heavy (non-hydrogen) atoms. The van der Waals surface area contributed by atoms with Crippen molar-refractivity contribution < 1.29 is 4.79 Å². The van der Waals surface area contributed by atoms with Gasteiger partial charge in [-0.2, -0.15) is 0 Å². The second-order valence-corrected chi connectivity index (χ2v) is 8.52. The first-order valence-corrected chi connectivity index (χ1v) is 11.3. The fourth-order valence-corrected chi connectivity index (χ4v) is 4.65. The molecule has 3 aromatic rings. The van der Waals surface area contributed by atoms with Crippen molar-refractivity contribution in [3.63, 3.8) is 0 Å². The van der Waals surface area contributed by atoms with Gasteiger partial charge in [0.2, 0.25) is 0 Å². The molecule has 6 heteroatoms. The summed E-state index contributed by atoms with van der Waals surface area (Å²) in [7, 11) is 0. The average Bonchev–Trinajstić information content (AvgIpc) is 3.27. The Morgan fingerprint density at radius 1 is 1.00 bits per heavy atom. The molecule has 1 aromatic heterocycles. The summed E-state index contributed by atoms with van der Waals surface area (Å²) in [6.07, 6.45) is 2.50. The van der Waals surface area contributed by atoms with E-state index in [1.807, 2.05) is 56.3 Å². The molecular formula is C24H26N4OS. The molecule has 1 aliphatic rings. The molecule has 0 saturated carbocycles. The number of hydrogen-bond donors (Lipinski definition) is 1. The van der Waals surface area contributed by atoms with Crippen molar-refractivity contribution in [2.75, 3.05) is 23.3 Å². The van der Waals surface area contributed by atoms with E-state index in [-0.39, 0.29) is 5.91 Å². The highest BCUT2D eigenvalue weighted by molar-refractivity contribution is 7.98. The maximum Gasteiger partial charge on any atom is 0.255 e. The third-order valence-electron chi connectivity index (χ3n) is 5.18. The first-order chi connectivity index (χ1) is 14.6. The van der Waals surface area contributed by atoms with Gasteiger partial charge < -0.3 is 10.2 Å². The van der Waals surface area contributed by atoms with Crippen molar-refractivity contribution in [1.29, 1.82) is 0 Å². The zero-order valence-corrected chi connectivity index (χ0v) is 18.2. The molecule has 1 fully saturated rings. The van der Waals surface area contributed by atoms with Crippen LogP contribution in [0, 0.1) is 13.8 Å². The number of carbonyl (C=O) groups excluding carboxylic acids is 1. The van der Waals surface area contributed by atoms with Gasteiger partial charge in [-0.1, -0.05) is 30.0 Å². The number of carbonyl (C=O) groups is 1. The Morgan fingerprint density at radius 3 is 2.37 bits per heavy atom. The number of nitrogens with one attached hydrogen (secondary N) is 1.